The molecule has 1 rings (SSSR count). The highest BCUT2D eigenvalue weighted by atomic mass is 16.5. The zero-order chi connectivity index (χ0) is 26.4. The molecule has 0 aliphatic heterocycles. The fourth-order valence-electron chi connectivity index (χ4n) is 3.62. The van der Waals surface area contributed by atoms with Gasteiger partial charge in [0.05, 0.1) is 6.04 Å². The van der Waals surface area contributed by atoms with Crippen molar-refractivity contribution in [2.45, 2.75) is 92.0 Å². The molecule has 196 valence electrons. The first-order chi connectivity index (χ1) is 16.5. The lowest BCUT2D eigenvalue weighted by atomic mass is 9.98. The van der Waals surface area contributed by atoms with Crippen molar-refractivity contribution in [3.63, 3.8) is 0 Å². The Kier molecular flexibility index (Phi) is 13.7. The molecule has 3 amide bonds. The van der Waals surface area contributed by atoms with Gasteiger partial charge in [0.15, 0.2) is 0 Å². The molecule has 0 spiro atoms. The van der Waals surface area contributed by atoms with E-state index in [-0.39, 0.29) is 24.4 Å². The van der Waals surface area contributed by atoms with E-state index in [2.05, 4.69) is 16.0 Å². The van der Waals surface area contributed by atoms with Gasteiger partial charge in [0.2, 0.25) is 11.8 Å². The van der Waals surface area contributed by atoms with Crippen LogP contribution in [0.1, 0.15) is 72.8 Å². The van der Waals surface area contributed by atoms with E-state index in [9.17, 15) is 19.2 Å². The van der Waals surface area contributed by atoms with E-state index in [4.69, 9.17) is 4.74 Å². The molecule has 0 heterocycles. The van der Waals surface area contributed by atoms with Crippen molar-refractivity contribution in [3.8, 4) is 0 Å². The summed E-state index contributed by atoms with van der Waals surface area (Å²) in [7, 11) is 0. The average Bonchev–Trinajstić information content (AvgIpc) is 2.81. The lowest BCUT2D eigenvalue weighted by Gasteiger charge is -2.26. The van der Waals surface area contributed by atoms with Gasteiger partial charge in [-0.05, 0) is 42.6 Å². The Balaban J connectivity index is 2.85. The number of hydrogen-bond donors (Lipinski definition) is 3. The minimum absolute atomic E-state index is 0.0876. The molecule has 1 aromatic carbocycles. The molecule has 0 bridgehead atoms. The SMILES string of the molecule is CCC(C)C[C@@H](C=O)NC(=O)[C@H](CC(C)C)NC(=O)C(CC(C)C)NC(=O)OCc1ccccc1. The summed E-state index contributed by atoms with van der Waals surface area (Å²) in [6.07, 6.45) is 2.26. The molecule has 0 aliphatic rings. The van der Waals surface area contributed by atoms with E-state index in [0.29, 0.717) is 19.3 Å². The van der Waals surface area contributed by atoms with E-state index < -0.39 is 36.0 Å². The zero-order valence-electron chi connectivity index (χ0n) is 22.0. The van der Waals surface area contributed by atoms with Crippen molar-refractivity contribution in [2.75, 3.05) is 0 Å². The summed E-state index contributed by atoms with van der Waals surface area (Å²) >= 11 is 0. The molecule has 0 saturated carbocycles. The molecule has 1 aromatic rings. The van der Waals surface area contributed by atoms with Crippen LogP contribution in [0.5, 0.6) is 0 Å². The smallest absolute Gasteiger partial charge is 0.408 e. The summed E-state index contributed by atoms with van der Waals surface area (Å²) in [5.41, 5.74) is 0.836. The Morgan fingerprint density at radius 2 is 1.37 bits per heavy atom. The van der Waals surface area contributed by atoms with E-state index in [1.807, 2.05) is 71.9 Å². The molecule has 4 atom stereocenters. The molecular formula is C27H43N3O5. The molecular weight excluding hydrogens is 446 g/mol. The number of aldehydes is 1. The van der Waals surface area contributed by atoms with E-state index in [1.165, 1.54) is 0 Å². The first-order valence-electron chi connectivity index (χ1n) is 12.6. The largest absolute Gasteiger partial charge is 0.445 e. The van der Waals surface area contributed by atoms with Crippen LogP contribution in [0.15, 0.2) is 30.3 Å². The lowest BCUT2D eigenvalue weighted by Crippen LogP contribution is -2.55. The monoisotopic (exact) mass is 489 g/mol. The Hall–Kier alpha value is -2.90. The van der Waals surface area contributed by atoms with Crippen molar-refractivity contribution in [1.29, 1.82) is 0 Å². The number of carbonyl (C=O) groups is 4. The summed E-state index contributed by atoms with van der Waals surface area (Å²) < 4.78 is 5.27. The summed E-state index contributed by atoms with van der Waals surface area (Å²) in [5, 5.41) is 8.20. The van der Waals surface area contributed by atoms with E-state index >= 15 is 0 Å². The number of carbonyl (C=O) groups excluding carboxylic acids is 4. The minimum Gasteiger partial charge on any atom is -0.445 e. The van der Waals surface area contributed by atoms with Crippen molar-refractivity contribution in [3.05, 3.63) is 35.9 Å². The van der Waals surface area contributed by atoms with Crippen molar-refractivity contribution in [2.24, 2.45) is 17.8 Å². The lowest BCUT2D eigenvalue weighted by molar-refractivity contribution is -0.131. The van der Waals surface area contributed by atoms with Crippen LogP contribution in [0, 0.1) is 17.8 Å². The minimum atomic E-state index is -0.859. The number of rotatable bonds is 15. The molecule has 0 aromatic heterocycles. The van der Waals surface area contributed by atoms with E-state index in [0.717, 1.165) is 18.3 Å². The first-order valence-corrected chi connectivity index (χ1v) is 12.6. The Morgan fingerprint density at radius 1 is 0.829 bits per heavy atom. The Labute approximate surface area is 210 Å². The first kappa shape index (κ1) is 30.1. The van der Waals surface area contributed by atoms with Gasteiger partial charge in [-0.15, -0.1) is 0 Å². The van der Waals surface area contributed by atoms with Crippen LogP contribution in [-0.4, -0.2) is 42.3 Å². The fourth-order valence-corrected chi connectivity index (χ4v) is 3.62. The van der Waals surface area contributed by atoms with Gasteiger partial charge in [-0.25, -0.2) is 4.79 Å². The van der Waals surface area contributed by atoms with Crippen LogP contribution in [0.3, 0.4) is 0 Å². The topological polar surface area (TPSA) is 114 Å². The average molecular weight is 490 g/mol. The maximum absolute atomic E-state index is 13.1. The van der Waals surface area contributed by atoms with Gasteiger partial charge in [-0.1, -0.05) is 78.3 Å². The van der Waals surface area contributed by atoms with Crippen molar-refractivity contribution in [1.82, 2.24) is 16.0 Å². The van der Waals surface area contributed by atoms with Gasteiger partial charge in [-0.2, -0.15) is 0 Å². The van der Waals surface area contributed by atoms with Crippen molar-refractivity contribution >= 4 is 24.2 Å². The van der Waals surface area contributed by atoms with Gasteiger partial charge in [0.1, 0.15) is 25.0 Å². The maximum atomic E-state index is 13.1. The summed E-state index contributed by atoms with van der Waals surface area (Å²) in [6.45, 7) is 11.9. The van der Waals surface area contributed by atoms with Crippen LogP contribution >= 0.6 is 0 Å². The second-order valence-electron chi connectivity index (χ2n) is 10.1. The standard InChI is InChI=1S/C27H43N3O5/c1-7-20(6)15-22(16-31)28-25(32)23(13-18(2)3)29-26(33)24(14-19(4)5)30-27(34)35-17-21-11-9-8-10-12-21/h8-12,16,18-20,22-24H,7,13-15,17H2,1-6H3,(H,28,32)(H,29,33)(H,30,34)/t20?,22-,23-,24?/m0/s1. The van der Waals surface area contributed by atoms with Crippen molar-refractivity contribution < 1.29 is 23.9 Å². The van der Waals surface area contributed by atoms with Gasteiger partial charge < -0.3 is 25.5 Å². The predicted octanol–water partition coefficient (Wildman–Crippen LogP) is 3.98. The second-order valence-corrected chi connectivity index (χ2v) is 10.1. The Bertz CT molecular complexity index is 797. The third-order valence-electron chi connectivity index (χ3n) is 5.71. The number of amides is 3. The highest BCUT2D eigenvalue weighted by molar-refractivity contribution is 5.92. The van der Waals surface area contributed by atoms with Gasteiger partial charge in [0, 0.05) is 0 Å². The summed E-state index contributed by atoms with van der Waals surface area (Å²) in [5.74, 6) is -0.330. The van der Waals surface area contributed by atoms with E-state index in [1.54, 1.807) is 0 Å². The molecule has 0 saturated heterocycles. The van der Waals surface area contributed by atoms with Crippen LogP contribution in [-0.2, 0) is 25.7 Å². The predicted molar refractivity (Wildman–Crippen MR) is 136 cm³/mol. The van der Waals surface area contributed by atoms with Crippen LogP contribution in [0.25, 0.3) is 0 Å². The summed E-state index contributed by atoms with van der Waals surface area (Å²) in [4.78, 5) is 50.0. The highest BCUT2D eigenvalue weighted by Crippen LogP contribution is 2.12. The Morgan fingerprint density at radius 3 is 1.89 bits per heavy atom. The highest BCUT2D eigenvalue weighted by Gasteiger charge is 2.29. The van der Waals surface area contributed by atoms with Crippen LogP contribution in [0.4, 0.5) is 4.79 Å². The van der Waals surface area contributed by atoms with Gasteiger partial charge >= 0.3 is 6.09 Å². The number of benzene rings is 1. The number of hydrogen-bond acceptors (Lipinski definition) is 5. The normalized spacial score (nSPS) is 14.5. The number of nitrogens with one attached hydrogen (secondary N) is 3. The van der Waals surface area contributed by atoms with Gasteiger partial charge in [-0.3, -0.25) is 9.59 Å². The third-order valence-corrected chi connectivity index (χ3v) is 5.71. The molecule has 35 heavy (non-hydrogen) atoms. The van der Waals surface area contributed by atoms with Crippen LogP contribution < -0.4 is 16.0 Å². The van der Waals surface area contributed by atoms with Crippen LogP contribution in [0.2, 0.25) is 0 Å². The zero-order valence-corrected chi connectivity index (χ0v) is 22.0. The quantitative estimate of drug-likeness (QED) is 0.323. The molecule has 2 unspecified atom stereocenters. The maximum Gasteiger partial charge on any atom is 0.408 e. The number of ether oxygens (including phenoxy) is 1. The molecule has 0 aliphatic carbocycles. The molecule has 0 fully saturated rings. The number of alkyl carbamates (subject to hydrolysis) is 1. The molecule has 3 N–H and O–H groups in total. The third kappa shape index (κ3) is 12.4. The molecule has 8 heteroatoms. The molecule has 0 radical (unpaired) electrons. The second kappa shape index (κ2) is 15.9. The molecule has 8 nitrogen and oxygen atoms in total. The fraction of sp³-hybridized carbons (Fsp3) is 0.630. The summed E-state index contributed by atoms with van der Waals surface area (Å²) in [6, 6.07) is 6.97. The van der Waals surface area contributed by atoms with Gasteiger partial charge in [0.25, 0.3) is 0 Å².